The van der Waals surface area contributed by atoms with Crippen molar-refractivity contribution in [3.63, 3.8) is 0 Å². The van der Waals surface area contributed by atoms with E-state index in [-0.39, 0.29) is 11.8 Å². The Kier molecular flexibility index (Phi) is 5.28. The Hall–Kier alpha value is -2.89. The van der Waals surface area contributed by atoms with E-state index in [0.29, 0.717) is 18.7 Å². The lowest BCUT2D eigenvalue weighted by atomic mass is 10.2. The van der Waals surface area contributed by atoms with E-state index in [1.807, 2.05) is 36.4 Å². The SMILES string of the molecule is CC(Oc1ccccc1)C(=O)NCc1cncc(N2CCCC2=O)c1. The maximum absolute atomic E-state index is 12.2. The number of carbonyl (C=O) groups excluding carboxylic acids is 2. The summed E-state index contributed by atoms with van der Waals surface area (Å²) in [5.41, 5.74) is 1.63. The number of ether oxygens (including phenoxy) is 1. The van der Waals surface area contributed by atoms with Crippen LogP contribution in [0.1, 0.15) is 25.3 Å². The van der Waals surface area contributed by atoms with Crippen molar-refractivity contribution in [2.75, 3.05) is 11.4 Å². The van der Waals surface area contributed by atoms with Gasteiger partial charge in [0.15, 0.2) is 6.10 Å². The number of rotatable bonds is 6. The van der Waals surface area contributed by atoms with Crippen LogP contribution in [0.2, 0.25) is 0 Å². The quantitative estimate of drug-likeness (QED) is 0.876. The summed E-state index contributed by atoms with van der Waals surface area (Å²) in [6, 6.07) is 11.1. The van der Waals surface area contributed by atoms with Crippen LogP contribution in [0.25, 0.3) is 0 Å². The second-order valence-corrected chi connectivity index (χ2v) is 5.99. The number of hydrogen-bond acceptors (Lipinski definition) is 4. The van der Waals surface area contributed by atoms with Gasteiger partial charge < -0.3 is 15.0 Å². The number of nitrogens with one attached hydrogen (secondary N) is 1. The molecule has 1 saturated heterocycles. The van der Waals surface area contributed by atoms with Crippen LogP contribution in [-0.2, 0) is 16.1 Å². The Morgan fingerprint density at radius 1 is 1.32 bits per heavy atom. The molecule has 1 unspecified atom stereocenters. The Morgan fingerprint density at radius 3 is 2.84 bits per heavy atom. The first-order chi connectivity index (χ1) is 12.1. The fourth-order valence-corrected chi connectivity index (χ4v) is 2.73. The number of para-hydroxylation sites is 1. The molecule has 0 bridgehead atoms. The van der Waals surface area contributed by atoms with E-state index in [9.17, 15) is 9.59 Å². The predicted molar refractivity (Wildman–Crippen MR) is 94.2 cm³/mol. The number of aromatic nitrogens is 1. The third kappa shape index (κ3) is 4.35. The monoisotopic (exact) mass is 339 g/mol. The minimum Gasteiger partial charge on any atom is -0.481 e. The lowest BCUT2D eigenvalue weighted by Crippen LogP contribution is -2.36. The van der Waals surface area contributed by atoms with Crippen LogP contribution >= 0.6 is 0 Å². The molecule has 1 fully saturated rings. The number of anilines is 1. The number of amides is 2. The molecule has 1 aliphatic rings. The standard InChI is InChI=1S/C19H21N3O3/c1-14(25-17-6-3-2-4-7-17)19(24)21-12-15-10-16(13-20-11-15)22-9-5-8-18(22)23/h2-4,6-7,10-11,13-14H,5,8-9,12H2,1H3,(H,21,24). The zero-order valence-corrected chi connectivity index (χ0v) is 14.1. The summed E-state index contributed by atoms with van der Waals surface area (Å²) in [4.78, 5) is 29.9. The molecule has 2 aromatic rings. The molecule has 6 heteroatoms. The van der Waals surface area contributed by atoms with Gasteiger partial charge in [0, 0.05) is 25.7 Å². The second kappa shape index (κ2) is 7.79. The molecule has 25 heavy (non-hydrogen) atoms. The molecule has 1 N–H and O–H groups in total. The highest BCUT2D eigenvalue weighted by molar-refractivity contribution is 5.95. The molecule has 0 saturated carbocycles. The summed E-state index contributed by atoms with van der Waals surface area (Å²) in [5.74, 6) is 0.570. The predicted octanol–water partition coefficient (Wildman–Crippen LogP) is 2.29. The molecular weight excluding hydrogens is 318 g/mol. The Balaban J connectivity index is 1.56. The number of pyridine rings is 1. The van der Waals surface area contributed by atoms with Crippen molar-refractivity contribution >= 4 is 17.5 Å². The van der Waals surface area contributed by atoms with Gasteiger partial charge >= 0.3 is 0 Å². The van der Waals surface area contributed by atoms with Gasteiger partial charge in [-0.2, -0.15) is 0 Å². The molecule has 6 nitrogen and oxygen atoms in total. The van der Waals surface area contributed by atoms with Crippen molar-refractivity contribution in [2.45, 2.75) is 32.4 Å². The largest absolute Gasteiger partial charge is 0.481 e. The van der Waals surface area contributed by atoms with E-state index in [4.69, 9.17) is 4.74 Å². The topological polar surface area (TPSA) is 71.5 Å². The minimum atomic E-state index is -0.598. The normalized spacial score (nSPS) is 15.1. The van der Waals surface area contributed by atoms with Crippen LogP contribution in [0.4, 0.5) is 5.69 Å². The first kappa shape index (κ1) is 17.0. The van der Waals surface area contributed by atoms with Crippen LogP contribution < -0.4 is 15.0 Å². The first-order valence-corrected chi connectivity index (χ1v) is 8.37. The Bertz CT molecular complexity index is 749. The summed E-state index contributed by atoms with van der Waals surface area (Å²) in [6.45, 7) is 2.77. The summed E-state index contributed by atoms with van der Waals surface area (Å²) < 4.78 is 5.60. The number of benzene rings is 1. The maximum atomic E-state index is 12.2. The molecule has 0 aliphatic carbocycles. The van der Waals surface area contributed by atoms with Crippen LogP contribution in [0.5, 0.6) is 5.75 Å². The van der Waals surface area contributed by atoms with E-state index in [0.717, 1.165) is 24.2 Å². The molecule has 0 radical (unpaired) electrons. The zero-order valence-electron chi connectivity index (χ0n) is 14.1. The zero-order chi connectivity index (χ0) is 17.6. The smallest absolute Gasteiger partial charge is 0.261 e. The molecule has 1 aliphatic heterocycles. The van der Waals surface area contributed by atoms with Gasteiger partial charge in [0.25, 0.3) is 5.91 Å². The van der Waals surface area contributed by atoms with Crippen molar-refractivity contribution in [3.8, 4) is 5.75 Å². The van der Waals surface area contributed by atoms with Crippen molar-refractivity contribution in [3.05, 3.63) is 54.4 Å². The summed E-state index contributed by atoms with van der Waals surface area (Å²) in [6.07, 6.45) is 4.21. The average molecular weight is 339 g/mol. The van der Waals surface area contributed by atoms with Crippen LogP contribution in [-0.4, -0.2) is 29.4 Å². The van der Waals surface area contributed by atoms with Gasteiger partial charge in [0.05, 0.1) is 11.9 Å². The van der Waals surface area contributed by atoms with E-state index in [1.165, 1.54) is 0 Å². The van der Waals surface area contributed by atoms with Crippen LogP contribution in [0.3, 0.4) is 0 Å². The Labute approximate surface area is 146 Å². The van der Waals surface area contributed by atoms with Crippen molar-refractivity contribution < 1.29 is 14.3 Å². The van der Waals surface area contributed by atoms with Crippen molar-refractivity contribution in [1.82, 2.24) is 10.3 Å². The van der Waals surface area contributed by atoms with Gasteiger partial charge in [-0.1, -0.05) is 18.2 Å². The summed E-state index contributed by atoms with van der Waals surface area (Å²) in [5, 5.41) is 2.84. The van der Waals surface area contributed by atoms with Gasteiger partial charge in [0.2, 0.25) is 5.91 Å². The van der Waals surface area contributed by atoms with Gasteiger partial charge in [-0.25, -0.2) is 0 Å². The van der Waals surface area contributed by atoms with Gasteiger partial charge in [0.1, 0.15) is 5.75 Å². The molecule has 1 aromatic carbocycles. The molecule has 130 valence electrons. The molecule has 1 atom stereocenters. The molecule has 3 rings (SSSR count). The van der Waals surface area contributed by atoms with Crippen molar-refractivity contribution in [2.24, 2.45) is 0 Å². The van der Waals surface area contributed by atoms with E-state index >= 15 is 0 Å². The lowest BCUT2D eigenvalue weighted by molar-refractivity contribution is -0.127. The highest BCUT2D eigenvalue weighted by atomic mass is 16.5. The molecule has 1 aromatic heterocycles. The third-order valence-corrected chi connectivity index (χ3v) is 4.06. The summed E-state index contributed by atoms with van der Waals surface area (Å²) >= 11 is 0. The van der Waals surface area contributed by atoms with E-state index in [1.54, 1.807) is 24.2 Å². The van der Waals surface area contributed by atoms with E-state index < -0.39 is 6.10 Å². The van der Waals surface area contributed by atoms with Gasteiger partial charge in [-0.05, 0) is 37.1 Å². The first-order valence-electron chi connectivity index (χ1n) is 8.37. The highest BCUT2D eigenvalue weighted by Crippen LogP contribution is 2.21. The van der Waals surface area contributed by atoms with E-state index in [2.05, 4.69) is 10.3 Å². The minimum absolute atomic E-state index is 0.118. The number of hydrogen-bond donors (Lipinski definition) is 1. The Morgan fingerprint density at radius 2 is 2.12 bits per heavy atom. The van der Waals surface area contributed by atoms with Gasteiger partial charge in [-0.15, -0.1) is 0 Å². The maximum Gasteiger partial charge on any atom is 0.261 e. The van der Waals surface area contributed by atoms with Crippen molar-refractivity contribution in [1.29, 1.82) is 0 Å². The van der Waals surface area contributed by atoms with Crippen LogP contribution in [0.15, 0.2) is 48.8 Å². The number of nitrogens with zero attached hydrogens (tertiary/aromatic N) is 2. The molecule has 2 amide bonds. The molecular formula is C19H21N3O3. The fourth-order valence-electron chi connectivity index (χ4n) is 2.73. The van der Waals surface area contributed by atoms with Crippen LogP contribution in [0, 0.1) is 0 Å². The average Bonchev–Trinajstić information content (AvgIpc) is 3.07. The fraction of sp³-hybridized carbons (Fsp3) is 0.316. The highest BCUT2D eigenvalue weighted by Gasteiger charge is 2.22. The summed E-state index contributed by atoms with van der Waals surface area (Å²) in [7, 11) is 0. The third-order valence-electron chi connectivity index (χ3n) is 4.06. The number of carbonyl (C=O) groups is 2. The second-order valence-electron chi connectivity index (χ2n) is 5.99. The molecule has 0 spiro atoms. The van der Waals surface area contributed by atoms with Gasteiger partial charge in [-0.3, -0.25) is 14.6 Å². The molecule has 2 heterocycles. The lowest BCUT2D eigenvalue weighted by Gasteiger charge is -2.17.